The number of carbonyl (C=O) groups is 1. The van der Waals surface area contributed by atoms with E-state index in [9.17, 15) is 9.18 Å². The molecular weight excluding hydrogens is 353 g/mol. The number of thioether (sulfide) groups is 1. The molecule has 1 heterocycles. The van der Waals surface area contributed by atoms with E-state index in [0.29, 0.717) is 22.4 Å². The van der Waals surface area contributed by atoms with Gasteiger partial charge in [0, 0.05) is 11.3 Å². The van der Waals surface area contributed by atoms with Crippen LogP contribution in [0.25, 0.3) is 6.08 Å². The molecule has 0 aliphatic rings. The van der Waals surface area contributed by atoms with Crippen LogP contribution in [0.1, 0.15) is 21.8 Å². The number of hydrogen-bond acceptors (Lipinski definition) is 5. The van der Waals surface area contributed by atoms with E-state index in [1.165, 1.54) is 36.0 Å². The summed E-state index contributed by atoms with van der Waals surface area (Å²) in [5, 5.41) is 10.9. The maximum Gasteiger partial charge on any atom is 0.276 e. The van der Waals surface area contributed by atoms with Crippen LogP contribution in [-0.4, -0.2) is 21.9 Å². The first-order valence-corrected chi connectivity index (χ1v) is 8.90. The summed E-state index contributed by atoms with van der Waals surface area (Å²) in [6.07, 6.45) is 4.04. The topological polar surface area (TPSA) is 68.0 Å². The van der Waals surface area contributed by atoms with Gasteiger partial charge in [-0.2, -0.15) is 0 Å². The maximum atomic E-state index is 12.9. The lowest BCUT2D eigenvalue weighted by Crippen LogP contribution is -2.22. The molecule has 0 aliphatic heterocycles. The fraction of sp³-hybridized carbons (Fsp3) is 0.105. The molecule has 0 radical (unpaired) electrons. The highest BCUT2D eigenvalue weighted by Gasteiger charge is 2.09. The number of rotatable bonds is 7. The van der Waals surface area contributed by atoms with Gasteiger partial charge in [0.1, 0.15) is 5.82 Å². The Morgan fingerprint density at radius 1 is 1.12 bits per heavy atom. The number of halogens is 1. The SMILES string of the molecule is O=C(NCc1nnc(SC/C=C/c2ccccc2)o1)c1ccc(F)cc1. The molecule has 0 fully saturated rings. The number of nitrogens with zero attached hydrogens (tertiary/aromatic N) is 2. The van der Waals surface area contributed by atoms with Gasteiger partial charge in [0.15, 0.2) is 0 Å². The summed E-state index contributed by atoms with van der Waals surface area (Å²) < 4.78 is 18.3. The van der Waals surface area contributed by atoms with Crippen LogP contribution in [0.4, 0.5) is 4.39 Å². The lowest BCUT2D eigenvalue weighted by Gasteiger charge is -2.01. The summed E-state index contributed by atoms with van der Waals surface area (Å²) in [5.74, 6) is 0.290. The van der Waals surface area contributed by atoms with Crippen molar-refractivity contribution in [2.45, 2.75) is 11.8 Å². The molecule has 2 aromatic carbocycles. The summed E-state index contributed by atoms with van der Waals surface area (Å²) in [4.78, 5) is 11.9. The number of nitrogens with one attached hydrogen (secondary N) is 1. The van der Waals surface area contributed by atoms with Crippen LogP contribution in [0, 0.1) is 5.82 Å². The van der Waals surface area contributed by atoms with Gasteiger partial charge in [-0.3, -0.25) is 4.79 Å². The molecule has 3 rings (SSSR count). The first-order valence-electron chi connectivity index (χ1n) is 7.91. The molecule has 0 spiro atoms. The van der Waals surface area contributed by atoms with Gasteiger partial charge in [-0.15, -0.1) is 10.2 Å². The van der Waals surface area contributed by atoms with Crippen LogP contribution >= 0.6 is 11.8 Å². The Hall–Kier alpha value is -2.93. The molecule has 1 amide bonds. The molecule has 7 heteroatoms. The molecule has 0 unspecified atom stereocenters. The van der Waals surface area contributed by atoms with Crippen molar-refractivity contribution in [3.63, 3.8) is 0 Å². The third-order valence-electron chi connectivity index (χ3n) is 3.37. The molecule has 0 atom stereocenters. The van der Waals surface area contributed by atoms with Crippen molar-refractivity contribution >= 4 is 23.7 Å². The summed E-state index contributed by atoms with van der Waals surface area (Å²) in [5.41, 5.74) is 1.49. The van der Waals surface area contributed by atoms with Gasteiger partial charge in [-0.25, -0.2) is 4.39 Å². The van der Waals surface area contributed by atoms with E-state index >= 15 is 0 Å². The minimum atomic E-state index is -0.388. The third kappa shape index (κ3) is 5.29. The van der Waals surface area contributed by atoms with Crippen molar-refractivity contribution in [1.82, 2.24) is 15.5 Å². The summed E-state index contributed by atoms with van der Waals surface area (Å²) >= 11 is 1.41. The lowest BCUT2D eigenvalue weighted by atomic mass is 10.2. The minimum Gasteiger partial charge on any atom is -0.414 e. The molecule has 0 aliphatic carbocycles. The van der Waals surface area contributed by atoms with Crippen LogP contribution in [-0.2, 0) is 6.54 Å². The number of hydrogen-bond donors (Lipinski definition) is 1. The molecule has 0 bridgehead atoms. The van der Waals surface area contributed by atoms with Crippen LogP contribution in [0.3, 0.4) is 0 Å². The Bertz CT molecular complexity index is 879. The second-order valence-corrected chi connectivity index (χ2v) is 6.25. The zero-order chi connectivity index (χ0) is 18.2. The summed E-state index contributed by atoms with van der Waals surface area (Å²) in [7, 11) is 0. The second-order valence-electron chi connectivity index (χ2n) is 5.28. The number of amides is 1. The molecule has 3 aromatic rings. The largest absolute Gasteiger partial charge is 0.414 e. The standard InChI is InChI=1S/C19H16FN3O2S/c20-16-10-8-15(9-11-16)18(24)21-13-17-22-23-19(25-17)26-12-4-7-14-5-2-1-3-6-14/h1-11H,12-13H2,(H,21,24)/b7-4+. The van der Waals surface area contributed by atoms with Crippen LogP contribution in [0.5, 0.6) is 0 Å². The van der Waals surface area contributed by atoms with Crippen molar-refractivity contribution in [2.75, 3.05) is 5.75 Å². The summed E-state index contributed by atoms with van der Waals surface area (Å²) in [6.45, 7) is 0.115. The van der Waals surface area contributed by atoms with Gasteiger partial charge >= 0.3 is 0 Å². The molecule has 26 heavy (non-hydrogen) atoms. The van der Waals surface area contributed by atoms with Crippen LogP contribution < -0.4 is 5.32 Å². The Kier molecular flexibility index (Phi) is 6.16. The Balaban J connectivity index is 1.45. The minimum absolute atomic E-state index is 0.115. The fourth-order valence-corrected chi connectivity index (χ4v) is 2.68. The quantitative estimate of drug-likeness (QED) is 0.639. The van der Waals surface area contributed by atoms with Crippen LogP contribution in [0.15, 0.2) is 70.3 Å². The Labute approximate surface area is 154 Å². The van der Waals surface area contributed by atoms with E-state index in [1.54, 1.807) is 0 Å². The smallest absolute Gasteiger partial charge is 0.276 e. The first kappa shape index (κ1) is 17.9. The Morgan fingerprint density at radius 3 is 2.65 bits per heavy atom. The summed E-state index contributed by atoms with van der Waals surface area (Å²) in [6, 6.07) is 15.3. The van der Waals surface area contributed by atoms with E-state index in [-0.39, 0.29) is 18.3 Å². The normalized spacial score (nSPS) is 11.0. The van der Waals surface area contributed by atoms with E-state index in [2.05, 4.69) is 15.5 Å². The average Bonchev–Trinajstić information content (AvgIpc) is 3.12. The van der Waals surface area contributed by atoms with E-state index in [4.69, 9.17) is 4.42 Å². The molecular formula is C19H16FN3O2S. The highest BCUT2D eigenvalue weighted by Crippen LogP contribution is 2.16. The predicted octanol–water partition coefficient (Wildman–Crippen LogP) is 3.94. The zero-order valence-electron chi connectivity index (χ0n) is 13.8. The second kappa shape index (κ2) is 8.96. The van der Waals surface area contributed by atoms with Crippen molar-refractivity contribution in [3.05, 3.63) is 83.5 Å². The maximum absolute atomic E-state index is 12.9. The van der Waals surface area contributed by atoms with Gasteiger partial charge in [0.25, 0.3) is 11.1 Å². The molecule has 1 aromatic heterocycles. The fourth-order valence-electron chi connectivity index (χ4n) is 2.09. The highest BCUT2D eigenvalue weighted by molar-refractivity contribution is 7.99. The first-order chi connectivity index (χ1) is 12.7. The van der Waals surface area contributed by atoms with Crippen molar-refractivity contribution in [3.8, 4) is 0 Å². The molecule has 0 saturated heterocycles. The molecule has 1 N–H and O–H groups in total. The third-order valence-corrected chi connectivity index (χ3v) is 4.14. The highest BCUT2D eigenvalue weighted by atomic mass is 32.2. The zero-order valence-corrected chi connectivity index (χ0v) is 14.6. The van der Waals surface area contributed by atoms with Gasteiger partial charge in [-0.1, -0.05) is 54.2 Å². The van der Waals surface area contributed by atoms with Gasteiger partial charge < -0.3 is 9.73 Å². The van der Waals surface area contributed by atoms with Crippen molar-refractivity contribution in [1.29, 1.82) is 0 Å². The molecule has 0 saturated carbocycles. The van der Waals surface area contributed by atoms with Crippen molar-refractivity contribution < 1.29 is 13.6 Å². The number of aromatic nitrogens is 2. The lowest BCUT2D eigenvalue weighted by molar-refractivity contribution is 0.0946. The monoisotopic (exact) mass is 369 g/mol. The van der Waals surface area contributed by atoms with E-state index in [1.807, 2.05) is 42.5 Å². The van der Waals surface area contributed by atoms with Crippen molar-refractivity contribution in [2.24, 2.45) is 0 Å². The Morgan fingerprint density at radius 2 is 1.88 bits per heavy atom. The van der Waals surface area contributed by atoms with E-state index in [0.717, 1.165) is 5.56 Å². The molecule has 5 nitrogen and oxygen atoms in total. The number of carbonyl (C=O) groups excluding carboxylic acids is 1. The van der Waals surface area contributed by atoms with Crippen LogP contribution in [0.2, 0.25) is 0 Å². The van der Waals surface area contributed by atoms with Gasteiger partial charge in [0.2, 0.25) is 5.89 Å². The predicted molar refractivity (Wildman–Crippen MR) is 98.1 cm³/mol. The van der Waals surface area contributed by atoms with E-state index < -0.39 is 0 Å². The average molecular weight is 369 g/mol. The molecule has 132 valence electrons. The van der Waals surface area contributed by atoms with Gasteiger partial charge in [-0.05, 0) is 29.8 Å². The van der Waals surface area contributed by atoms with Gasteiger partial charge in [0.05, 0.1) is 6.54 Å². The number of benzene rings is 2.